The normalized spacial score (nSPS) is 12.2. The van der Waals surface area contributed by atoms with Gasteiger partial charge in [0.15, 0.2) is 0 Å². The molecule has 0 amide bonds. The quantitative estimate of drug-likeness (QED) is 0.634. The summed E-state index contributed by atoms with van der Waals surface area (Å²) < 4.78 is 5.40. The van der Waals surface area contributed by atoms with Crippen LogP contribution in [0.1, 0.15) is 6.92 Å². The fourth-order valence-corrected chi connectivity index (χ4v) is 1.25. The molecule has 1 aromatic carbocycles. The second-order valence-electron chi connectivity index (χ2n) is 3.22. The Morgan fingerprint density at radius 1 is 1.53 bits per heavy atom. The summed E-state index contributed by atoms with van der Waals surface area (Å²) in [6, 6.07) is 5.16. The molecule has 0 fully saturated rings. The van der Waals surface area contributed by atoms with E-state index in [-0.39, 0.29) is 11.8 Å². The SMILES string of the molecule is CC(COc1cccc(Cl)c1Cl)C(=N)N. The second-order valence-corrected chi connectivity index (χ2v) is 4.00. The van der Waals surface area contributed by atoms with Crippen molar-refractivity contribution in [2.75, 3.05) is 6.61 Å². The zero-order chi connectivity index (χ0) is 11.4. The molecule has 0 aliphatic heterocycles. The zero-order valence-corrected chi connectivity index (χ0v) is 9.77. The van der Waals surface area contributed by atoms with E-state index in [1.54, 1.807) is 25.1 Å². The van der Waals surface area contributed by atoms with Crippen molar-refractivity contribution in [3.8, 4) is 5.75 Å². The largest absolute Gasteiger partial charge is 0.491 e. The van der Waals surface area contributed by atoms with Crippen molar-refractivity contribution in [3.05, 3.63) is 28.2 Å². The Morgan fingerprint density at radius 2 is 2.20 bits per heavy atom. The highest BCUT2D eigenvalue weighted by Crippen LogP contribution is 2.31. The first-order valence-electron chi connectivity index (χ1n) is 4.43. The number of benzene rings is 1. The Labute approximate surface area is 98.6 Å². The predicted octanol–water partition coefficient (Wildman–Crippen LogP) is 2.94. The number of nitrogens with two attached hydrogens (primary N) is 1. The van der Waals surface area contributed by atoms with Crippen LogP contribution in [0.4, 0.5) is 0 Å². The lowest BCUT2D eigenvalue weighted by molar-refractivity contribution is 0.292. The van der Waals surface area contributed by atoms with Crippen LogP contribution < -0.4 is 10.5 Å². The first kappa shape index (κ1) is 12.1. The number of nitrogens with one attached hydrogen (secondary N) is 1. The van der Waals surface area contributed by atoms with Crippen LogP contribution in [0.15, 0.2) is 18.2 Å². The molecule has 1 aromatic rings. The van der Waals surface area contributed by atoms with E-state index < -0.39 is 0 Å². The maximum absolute atomic E-state index is 7.20. The van der Waals surface area contributed by atoms with E-state index in [4.69, 9.17) is 39.1 Å². The summed E-state index contributed by atoms with van der Waals surface area (Å²) >= 11 is 11.7. The lowest BCUT2D eigenvalue weighted by Gasteiger charge is -2.12. The second kappa shape index (κ2) is 5.24. The molecular weight excluding hydrogens is 235 g/mol. The van der Waals surface area contributed by atoms with Crippen molar-refractivity contribution < 1.29 is 4.74 Å². The smallest absolute Gasteiger partial charge is 0.139 e. The fraction of sp³-hybridized carbons (Fsp3) is 0.300. The van der Waals surface area contributed by atoms with Crippen LogP contribution in [0.5, 0.6) is 5.75 Å². The van der Waals surface area contributed by atoms with Gasteiger partial charge in [0.2, 0.25) is 0 Å². The minimum Gasteiger partial charge on any atom is -0.491 e. The minimum atomic E-state index is -0.139. The number of amidine groups is 1. The minimum absolute atomic E-state index is 0.0909. The Bertz CT molecular complexity index is 368. The van der Waals surface area contributed by atoms with Crippen LogP contribution in [0, 0.1) is 11.3 Å². The molecule has 1 atom stereocenters. The van der Waals surface area contributed by atoms with Gasteiger partial charge in [-0.2, -0.15) is 0 Å². The Balaban J connectivity index is 2.66. The highest BCUT2D eigenvalue weighted by atomic mass is 35.5. The summed E-state index contributed by atoms with van der Waals surface area (Å²) in [5, 5.41) is 8.03. The Morgan fingerprint density at radius 3 is 2.80 bits per heavy atom. The molecular formula is C10H12Cl2N2O. The third-order valence-electron chi connectivity index (χ3n) is 1.94. The van der Waals surface area contributed by atoms with E-state index in [2.05, 4.69) is 0 Å². The Hall–Kier alpha value is -0.930. The van der Waals surface area contributed by atoms with E-state index in [1.807, 2.05) is 0 Å². The Kier molecular flexibility index (Phi) is 4.24. The third kappa shape index (κ3) is 3.29. The summed E-state index contributed by atoms with van der Waals surface area (Å²) in [6.45, 7) is 2.12. The molecule has 0 bridgehead atoms. The molecule has 0 saturated carbocycles. The molecule has 15 heavy (non-hydrogen) atoms. The molecule has 0 spiro atoms. The van der Waals surface area contributed by atoms with Gasteiger partial charge in [0.05, 0.1) is 17.5 Å². The van der Waals surface area contributed by atoms with Gasteiger partial charge in [-0.1, -0.05) is 36.2 Å². The third-order valence-corrected chi connectivity index (χ3v) is 2.74. The number of ether oxygens (including phenoxy) is 1. The van der Waals surface area contributed by atoms with Gasteiger partial charge in [0.25, 0.3) is 0 Å². The lowest BCUT2D eigenvalue weighted by atomic mass is 10.2. The molecule has 82 valence electrons. The molecule has 0 radical (unpaired) electrons. The van der Waals surface area contributed by atoms with Crippen molar-refractivity contribution in [2.45, 2.75) is 6.92 Å². The maximum Gasteiger partial charge on any atom is 0.139 e. The van der Waals surface area contributed by atoms with E-state index >= 15 is 0 Å². The van der Waals surface area contributed by atoms with Crippen molar-refractivity contribution in [1.82, 2.24) is 0 Å². The van der Waals surface area contributed by atoms with Crippen molar-refractivity contribution in [1.29, 1.82) is 5.41 Å². The molecule has 3 N–H and O–H groups in total. The molecule has 0 heterocycles. The number of hydrogen-bond acceptors (Lipinski definition) is 2. The monoisotopic (exact) mass is 246 g/mol. The lowest BCUT2D eigenvalue weighted by Crippen LogP contribution is -2.25. The van der Waals surface area contributed by atoms with E-state index in [0.29, 0.717) is 22.4 Å². The summed E-state index contributed by atoms with van der Waals surface area (Å²) in [5.74, 6) is 0.463. The van der Waals surface area contributed by atoms with Crippen molar-refractivity contribution in [2.24, 2.45) is 11.7 Å². The topological polar surface area (TPSA) is 59.1 Å². The van der Waals surface area contributed by atoms with E-state index in [0.717, 1.165) is 0 Å². The molecule has 5 heteroatoms. The van der Waals surface area contributed by atoms with Crippen LogP contribution in [-0.4, -0.2) is 12.4 Å². The molecule has 3 nitrogen and oxygen atoms in total. The molecule has 0 aliphatic rings. The average molecular weight is 247 g/mol. The van der Waals surface area contributed by atoms with Gasteiger partial charge in [-0.15, -0.1) is 0 Å². The highest BCUT2D eigenvalue weighted by molar-refractivity contribution is 6.42. The molecule has 0 aliphatic carbocycles. The average Bonchev–Trinajstić information content (AvgIpc) is 2.19. The molecule has 1 rings (SSSR count). The highest BCUT2D eigenvalue weighted by Gasteiger charge is 2.09. The van der Waals surface area contributed by atoms with Gasteiger partial charge in [-0.05, 0) is 12.1 Å². The van der Waals surface area contributed by atoms with Gasteiger partial charge in [0.1, 0.15) is 10.8 Å². The summed E-state index contributed by atoms with van der Waals surface area (Å²) in [7, 11) is 0. The van der Waals surface area contributed by atoms with Crippen LogP contribution in [0.3, 0.4) is 0 Å². The van der Waals surface area contributed by atoms with Crippen LogP contribution >= 0.6 is 23.2 Å². The van der Waals surface area contributed by atoms with Crippen LogP contribution in [0.25, 0.3) is 0 Å². The predicted molar refractivity (Wildman–Crippen MR) is 63.0 cm³/mol. The van der Waals surface area contributed by atoms with Crippen molar-refractivity contribution in [3.63, 3.8) is 0 Å². The molecule has 1 unspecified atom stereocenters. The fourth-order valence-electron chi connectivity index (χ4n) is 0.900. The first-order chi connectivity index (χ1) is 7.02. The van der Waals surface area contributed by atoms with Crippen LogP contribution in [0.2, 0.25) is 10.0 Å². The van der Waals surface area contributed by atoms with Gasteiger partial charge in [-0.3, -0.25) is 5.41 Å². The summed E-state index contributed by atoms with van der Waals surface area (Å²) in [5.41, 5.74) is 5.31. The van der Waals surface area contributed by atoms with Gasteiger partial charge in [0, 0.05) is 5.92 Å². The van der Waals surface area contributed by atoms with E-state index in [1.165, 1.54) is 0 Å². The van der Waals surface area contributed by atoms with Gasteiger partial charge >= 0.3 is 0 Å². The molecule has 0 aromatic heterocycles. The number of hydrogen-bond donors (Lipinski definition) is 2. The van der Waals surface area contributed by atoms with E-state index in [9.17, 15) is 0 Å². The van der Waals surface area contributed by atoms with Gasteiger partial charge < -0.3 is 10.5 Å². The number of rotatable bonds is 4. The first-order valence-corrected chi connectivity index (χ1v) is 5.18. The zero-order valence-electron chi connectivity index (χ0n) is 8.26. The molecule has 0 saturated heterocycles. The maximum atomic E-state index is 7.20. The summed E-state index contributed by atoms with van der Waals surface area (Å²) in [6.07, 6.45) is 0. The number of halogens is 2. The standard InChI is InChI=1S/C10H12Cl2N2O/c1-6(10(13)14)5-15-8-4-2-3-7(11)9(8)12/h2-4,6H,5H2,1H3,(H3,13,14). The van der Waals surface area contributed by atoms with Crippen LogP contribution in [-0.2, 0) is 0 Å². The van der Waals surface area contributed by atoms with Crippen molar-refractivity contribution >= 4 is 29.0 Å². The summed E-state index contributed by atoms with van der Waals surface area (Å²) in [4.78, 5) is 0. The van der Waals surface area contributed by atoms with Gasteiger partial charge in [-0.25, -0.2) is 0 Å².